The fourth-order valence-electron chi connectivity index (χ4n) is 3.85. The molecule has 1 N–H and O–H groups in total. The summed E-state index contributed by atoms with van der Waals surface area (Å²) < 4.78 is 6.19. The molecule has 2 nitrogen and oxygen atoms in total. The highest BCUT2D eigenvalue weighted by molar-refractivity contribution is 7.99. The zero-order valence-electron chi connectivity index (χ0n) is 12.7. The van der Waals surface area contributed by atoms with Crippen LogP contribution in [0.25, 0.3) is 0 Å². The molecule has 2 saturated heterocycles. The van der Waals surface area contributed by atoms with Crippen LogP contribution < -0.4 is 0 Å². The van der Waals surface area contributed by atoms with E-state index in [1.165, 1.54) is 0 Å². The van der Waals surface area contributed by atoms with Gasteiger partial charge in [-0.1, -0.05) is 13.8 Å². The Hall–Kier alpha value is 0.270. The van der Waals surface area contributed by atoms with E-state index in [2.05, 4.69) is 41.5 Å². The number of rotatable bonds is 1. The van der Waals surface area contributed by atoms with Gasteiger partial charge in [0.2, 0.25) is 0 Å². The van der Waals surface area contributed by atoms with Crippen LogP contribution in [0, 0.1) is 11.3 Å². The minimum absolute atomic E-state index is 0.0238. The maximum absolute atomic E-state index is 11.4. The molecule has 0 aromatic rings. The molecule has 2 unspecified atom stereocenters. The van der Waals surface area contributed by atoms with Gasteiger partial charge in [-0.25, -0.2) is 0 Å². The van der Waals surface area contributed by atoms with E-state index in [4.69, 9.17) is 4.74 Å². The second-order valence-electron chi connectivity index (χ2n) is 7.83. The molecule has 18 heavy (non-hydrogen) atoms. The first kappa shape index (κ1) is 14.7. The fourth-order valence-corrected chi connectivity index (χ4v) is 5.55. The van der Waals surface area contributed by atoms with Crippen LogP contribution in [0.5, 0.6) is 0 Å². The van der Waals surface area contributed by atoms with Crippen molar-refractivity contribution in [3.05, 3.63) is 0 Å². The van der Waals surface area contributed by atoms with Gasteiger partial charge in [0.1, 0.15) is 0 Å². The summed E-state index contributed by atoms with van der Waals surface area (Å²) in [4.78, 5) is 0. The quantitative estimate of drug-likeness (QED) is 0.792. The highest BCUT2D eigenvalue weighted by atomic mass is 32.2. The molecule has 0 spiro atoms. The Balaban J connectivity index is 2.35. The van der Waals surface area contributed by atoms with Crippen molar-refractivity contribution in [2.75, 3.05) is 11.5 Å². The molecule has 2 atom stereocenters. The number of aliphatic hydroxyl groups is 1. The molecule has 2 aliphatic rings. The van der Waals surface area contributed by atoms with Crippen molar-refractivity contribution >= 4 is 11.8 Å². The molecule has 0 aliphatic carbocycles. The third-order valence-electron chi connectivity index (χ3n) is 5.02. The summed E-state index contributed by atoms with van der Waals surface area (Å²) in [5.41, 5.74) is -1.01. The molecule has 0 saturated carbocycles. The van der Waals surface area contributed by atoms with Crippen LogP contribution in [-0.2, 0) is 4.74 Å². The molecule has 0 amide bonds. The third-order valence-corrected chi connectivity index (χ3v) is 6.15. The average Bonchev–Trinajstić information content (AvgIpc) is 2.40. The predicted octanol–water partition coefficient (Wildman–Crippen LogP) is 3.47. The second-order valence-corrected chi connectivity index (χ2v) is 8.94. The van der Waals surface area contributed by atoms with Gasteiger partial charge in [0, 0.05) is 11.7 Å². The molecule has 106 valence electrons. The third kappa shape index (κ3) is 2.23. The fraction of sp³-hybridized carbons (Fsp3) is 1.00. The number of hydrogen-bond donors (Lipinski definition) is 1. The molecule has 0 aromatic carbocycles. The molecular weight excluding hydrogens is 244 g/mol. The summed E-state index contributed by atoms with van der Waals surface area (Å²) in [5.74, 6) is 2.21. The van der Waals surface area contributed by atoms with E-state index < -0.39 is 5.60 Å². The Morgan fingerprint density at radius 2 is 1.72 bits per heavy atom. The molecule has 0 aromatic heterocycles. The first-order valence-electron chi connectivity index (χ1n) is 7.01. The van der Waals surface area contributed by atoms with E-state index in [-0.39, 0.29) is 22.5 Å². The maximum atomic E-state index is 11.4. The van der Waals surface area contributed by atoms with E-state index in [0.29, 0.717) is 0 Å². The Labute approximate surface area is 116 Å². The van der Waals surface area contributed by atoms with Gasteiger partial charge in [-0.2, -0.15) is 11.8 Å². The van der Waals surface area contributed by atoms with Crippen LogP contribution in [0.4, 0.5) is 0 Å². The van der Waals surface area contributed by atoms with Crippen LogP contribution in [-0.4, -0.2) is 33.4 Å². The van der Waals surface area contributed by atoms with Crippen molar-refractivity contribution in [1.29, 1.82) is 0 Å². The molecule has 2 aliphatic heterocycles. The van der Waals surface area contributed by atoms with Crippen molar-refractivity contribution in [3.63, 3.8) is 0 Å². The van der Waals surface area contributed by atoms with Gasteiger partial charge in [0.25, 0.3) is 0 Å². The standard InChI is InChI=1S/C15H28O2S/c1-12(2)7-8-18-10-15(12,16)11-9-13(3,4)17-14(11,5)6/h11,16H,7-10H2,1-6H3. The highest BCUT2D eigenvalue weighted by Gasteiger charge is 2.60. The monoisotopic (exact) mass is 272 g/mol. The Morgan fingerprint density at radius 3 is 2.17 bits per heavy atom. The first-order valence-corrected chi connectivity index (χ1v) is 8.16. The van der Waals surface area contributed by atoms with Gasteiger partial charge in [-0.3, -0.25) is 0 Å². The predicted molar refractivity (Wildman–Crippen MR) is 78.0 cm³/mol. The summed E-state index contributed by atoms with van der Waals surface area (Å²) in [6.07, 6.45) is 2.03. The van der Waals surface area contributed by atoms with Crippen LogP contribution in [0.3, 0.4) is 0 Å². The van der Waals surface area contributed by atoms with Gasteiger partial charge in [0.15, 0.2) is 0 Å². The van der Waals surface area contributed by atoms with Gasteiger partial charge in [-0.15, -0.1) is 0 Å². The van der Waals surface area contributed by atoms with Crippen molar-refractivity contribution in [2.45, 2.75) is 71.2 Å². The van der Waals surface area contributed by atoms with Crippen LogP contribution in [0.15, 0.2) is 0 Å². The molecule has 2 rings (SSSR count). The summed E-state index contributed by atoms with van der Waals surface area (Å²) in [6, 6.07) is 0. The molecule has 0 bridgehead atoms. The molecule has 2 fully saturated rings. The molecular formula is C15H28O2S. The van der Waals surface area contributed by atoms with E-state index >= 15 is 0 Å². The normalized spacial score (nSPS) is 41.8. The average molecular weight is 272 g/mol. The van der Waals surface area contributed by atoms with Crippen LogP contribution in [0.2, 0.25) is 0 Å². The SMILES string of the molecule is CC1(C)CC(C2(O)CSCCC2(C)C)C(C)(C)O1. The Kier molecular flexibility index (Phi) is 3.37. The van der Waals surface area contributed by atoms with Crippen molar-refractivity contribution in [3.8, 4) is 0 Å². The summed E-state index contributed by atoms with van der Waals surface area (Å²) in [6.45, 7) is 13.0. The van der Waals surface area contributed by atoms with Crippen LogP contribution >= 0.6 is 11.8 Å². The first-order chi connectivity index (χ1) is 8.00. The minimum atomic E-state index is -0.618. The van der Waals surface area contributed by atoms with Gasteiger partial charge >= 0.3 is 0 Å². The van der Waals surface area contributed by atoms with Gasteiger partial charge in [0.05, 0.1) is 16.8 Å². The largest absolute Gasteiger partial charge is 0.388 e. The lowest BCUT2D eigenvalue weighted by molar-refractivity contribution is -0.147. The second kappa shape index (κ2) is 4.13. The Bertz CT molecular complexity index is 335. The van der Waals surface area contributed by atoms with Crippen LogP contribution in [0.1, 0.15) is 54.4 Å². The molecule has 0 radical (unpaired) electrons. The topological polar surface area (TPSA) is 29.5 Å². The number of thioether (sulfide) groups is 1. The zero-order chi connectivity index (χ0) is 13.8. The van der Waals surface area contributed by atoms with E-state index in [1.807, 2.05) is 11.8 Å². The smallest absolute Gasteiger partial charge is 0.0844 e. The zero-order valence-corrected chi connectivity index (χ0v) is 13.5. The molecule has 2 heterocycles. The van der Waals surface area contributed by atoms with Crippen molar-refractivity contribution in [2.24, 2.45) is 11.3 Å². The van der Waals surface area contributed by atoms with Crippen molar-refractivity contribution in [1.82, 2.24) is 0 Å². The summed E-state index contributed by atoms with van der Waals surface area (Å²) >= 11 is 1.89. The van der Waals surface area contributed by atoms with Gasteiger partial charge in [-0.05, 0) is 51.7 Å². The lowest BCUT2D eigenvalue weighted by Gasteiger charge is -2.52. The summed E-state index contributed by atoms with van der Waals surface area (Å²) in [7, 11) is 0. The lowest BCUT2D eigenvalue weighted by Crippen LogP contribution is -2.59. The maximum Gasteiger partial charge on any atom is 0.0844 e. The minimum Gasteiger partial charge on any atom is -0.388 e. The number of hydrogen-bond acceptors (Lipinski definition) is 3. The van der Waals surface area contributed by atoms with E-state index in [9.17, 15) is 5.11 Å². The Morgan fingerprint density at radius 1 is 1.11 bits per heavy atom. The highest BCUT2D eigenvalue weighted by Crippen LogP contribution is 2.55. The van der Waals surface area contributed by atoms with Crippen molar-refractivity contribution < 1.29 is 9.84 Å². The summed E-state index contributed by atoms with van der Waals surface area (Å²) in [5, 5.41) is 11.4. The number of ether oxygens (including phenoxy) is 1. The van der Waals surface area contributed by atoms with Gasteiger partial charge < -0.3 is 9.84 Å². The lowest BCUT2D eigenvalue weighted by atomic mass is 9.62. The van der Waals surface area contributed by atoms with E-state index in [0.717, 1.165) is 24.3 Å². The van der Waals surface area contributed by atoms with E-state index in [1.54, 1.807) is 0 Å². The molecule has 3 heteroatoms.